The molecule has 1 aromatic carbocycles. The molecule has 1 aliphatic heterocycles. The van der Waals surface area contributed by atoms with Crippen molar-refractivity contribution in [1.82, 2.24) is 34.4 Å². The minimum atomic E-state index is -1.45. The number of carbonyl (C=O) groups is 3. The number of likely N-dealkylation sites (tertiary alicyclic amines) is 1. The molecule has 5 rings (SSSR count). The molecule has 2 unspecified atom stereocenters. The zero-order valence-corrected chi connectivity index (χ0v) is 24.9. The summed E-state index contributed by atoms with van der Waals surface area (Å²) in [4.78, 5) is 45.0. The topological polar surface area (TPSA) is 154 Å². The summed E-state index contributed by atoms with van der Waals surface area (Å²) in [5, 5.41) is 14.6. The lowest BCUT2D eigenvalue weighted by Crippen LogP contribution is -2.45. The molecule has 4 heterocycles. The summed E-state index contributed by atoms with van der Waals surface area (Å²) < 4.78 is 32.3. The van der Waals surface area contributed by atoms with E-state index in [0.29, 0.717) is 28.2 Å². The highest BCUT2D eigenvalue weighted by Gasteiger charge is 2.40. The molecule has 45 heavy (non-hydrogen) atoms. The number of alkyl halides is 1. The Kier molecular flexibility index (Phi) is 8.66. The summed E-state index contributed by atoms with van der Waals surface area (Å²) in [6.45, 7) is 6.48. The van der Waals surface area contributed by atoms with Gasteiger partial charge in [0, 0.05) is 35.9 Å². The molecule has 3 aromatic heterocycles. The van der Waals surface area contributed by atoms with Gasteiger partial charge in [0.2, 0.25) is 11.8 Å². The second-order valence-corrected chi connectivity index (χ2v) is 10.6. The third kappa shape index (κ3) is 6.12. The number of aromatic nitrogens is 6. The van der Waals surface area contributed by atoms with Crippen LogP contribution >= 0.6 is 0 Å². The van der Waals surface area contributed by atoms with E-state index in [1.165, 1.54) is 29.2 Å². The van der Waals surface area contributed by atoms with Gasteiger partial charge in [-0.05, 0) is 43.7 Å². The summed E-state index contributed by atoms with van der Waals surface area (Å²) >= 11 is 0. The molecule has 1 aliphatic rings. The Morgan fingerprint density at radius 1 is 1.18 bits per heavy atom. The molecule has 0 bridgehead atoms. The van der Waals surface area contributed by atoms with Gasteiger partial charge < -0.3 is 20.5 Å². The maximum Gasteiger partial charge on any atom is 0.269 e. The van der Waals surface area contributed by atoms with E-state index in [2.05, 4.69) is 32.2 Å². The fourth-order valence-corrected chi connectivity index (χ4v) is 5.27. The van der Waals surface area contributed by atoms with Crippen LogP contribution in [0.1, 0.15) is 39.6 Å². The van der Waals surface area contributed by atoms with E-state index in [4.69, 9.17) is 5.73 Å². The van der Waals surface area contributed by atoms with E-state index in [9.17, 15) is 23.2 Å². The first kappa shape index (κ1) is 30.9. The van der Waals surface area contributed by atoms with Crippen LogP contribution in [0.4, 0.5) is 14.6 Å². The number of nitrogens with two attached hydrogens (primary N) is 1. The van der Waals surface area contributed by atoms with E-state index in [1.807, 2.05) is 0 Å². The zero-order valence-electron chi connectivity index (χ0n) is 24.9. The second kappa shape index (κ2) is 12.6. The van der Waals surface area contributed by atoms with Crippen LogP contribution < -0.4 is 11.1 Å². The first-order chi connectivity index (χ1) is 21.5. The molecule has 3 amide bonds. The number of allylic oxidation sites excluding steroid dienone is 2. The predicted octanol–water partition coefficient (Wildman–Crippen LogP) is 3.23. The van der Waals surface area contributed by atoms with Crippen molar-refractivity contribution in [2.45, 2.75) is 39.0 Å². The summed E-state index contributed by atoms with van der Waals surface area (Å²) in [5.41, 5.74) is 8.03. The zero-order chi connectivity index (χ0) is 32.4. The number of aryl methyl sites for hydroxylation is 1. The van der Waals surface area contributed by atoms with Gasteiger partial charge in [-0.2, -0.15) is 15.3 Å². The Labute approximate surface area is 257 Å². The van der Waals surface area contributed by atoms with Gasteiger partial charge in [0.25, 0.3) is 5.91 Å². The number of amides is 3. The van der Waals surface area contributed by atoms with Crippen molar-refractivity contribution in [3.8, 4) is 11.3 Å². The number of hydrogen-bond acceptors (Lipinski definition) is 7. The molecule has 2 atom stereocenters. The quantitative estimate of drug-likeness (QED) is 0.274. The van der Waals surface area contributed by atoms with Crippen molar-refractivity contribution in [3.63, 3.8) is 0 Å². The van der Waals surface area contributed by atoms with Crippen molar-refractivity contribution in [1.29, 1.82) is 0 Å². The van der Waals surface area contributed by atoms with E-state index >= 15 is 0 Å². The highest BCUT2D eigenvalue weighted by molar-refractivity contribution is 6.00. The number of nitrogens with one attached hydrogen (secondary N) is 1. The molecule has 4 aromatic rings. The van der Waals surface area contributed by atoms with E-state index in [-0.39, 0.29) is 42.3 Å². The largest absolute Gasteiger partial charge is 0.364 e. The Hall–Kier alpha value is -5.53. The smallest absolute Gasteiger partial charge is 0.269 e. The first-order valence-corrected chi connectivity index (χ1v) is 14.0. The fourth-order valence-electron chi connectivity index (χ4n) is 5.27. The minimum absolute atomic E-state index is 0.0759. The van der Waals surface area contributed by atoms with Gasteiger partial charge in [0.1, 0.15) is 41.9 Å². The molecule has 0 aliphatic carbocycles. The third-order valence-electron chi connectivity index (χ3n) is 7.77. The average molecular weight is 616 g/mol. The average Bonchev–Trinajstić information content (AvgIpc) is 3.65. The third-order valence-corrected chi connectivity index (χ3v) is 7.77. The molecule has 0 spiro atoms. The van der Waals surface area contributed by atoms with Crippen LogP contribution in [0.5, 0.6) is 0 Å². The van der Waals surface area contributed by atoms with Crippen molar-refractivity contribution in [2.24, 2.45) is 12.8 Å². The number of halogens is 2. The van der Waals surface area contributed by atoms with Gasteiger partial charge in [-0.3, -0.25) is 19.1 Å². The molecule has 232 valence electrons. The molecule has 0 radical (unpaired) electrons. The van der Waals surface area contributed by atoms with Gasteiger partial charge in [-0.15, -0.1) is 0 Å². The molecule has 1 saturated heterocycles. The summed E-state index contributed by atoms with van der Waals surface area (Å²) in [6, 6.07) is 6.57. The highest BCUT2D eigenvalue weighted by atomic mass is 19.1. The number of nitrogens with zero attached hydrogens (tertiary/aromatic N) is 7. The maximum atomic E-state index is 14.7. The number of anilines is 1. The van der Waals surface area contributed by atoms with Crippen molar-refractivity contribution in [2.75, 3.05) is 11.9 Å². The molecular formula is C31H31F2N9O3. The molecule has 12 nitrogen and oxygen atoms in total. The lowest BCUT2D eigenvalue weighted by Gasteiger charge is -2.24. The Balaban J connectivity index is 1.41. The van der Waals surface area contributed by atoms with E-state index in [1.54, 1.807) is 55.8 Å². The van der Waals surface area contributed by atoms with Crippen molar-refractivity contribution >= 4 is 35.2 Å². The first-order valence-electron chi connectivity index (χ1n) is 14.0. The van der Waals surface area contributed by atoms with Gasteiger partial charge in [-0.1, -0.05) is 24.8 Å². The van der Waals surface area contributed by atoms with Gasteiger partial charge in [0.15, 0.2) is 5.69 Å². The Morgan fingerprint density at radius 2 is 1.93 bits per heavy atom. The van der Waals surface area contributed by atoms with Crippen LogP contribution in [0.15, 0.2) is 55.4 Å². The standard InChI is InChI=1S/C31H31F2N9O3/c1-5-19(20-10-11-35-36-14-20)12-23-17(2)42(39-27(23)29(34)44)16-26(43)41-15-21(32)13-25(41)31(45)38-30-28(37-18(3)40(30)4)22-8-6-7-9-24(22)33/h5-12,14,21,25H,1,13,15-16H2,2-4H3,(H2,34,44)(H,38,45)/b19-12+. The van der Waals surface area contributed by atoms with Crippen molar-refractivity contribution in [3.05, 3.63) is 89.5 Å². The fraction of sp³-hybridized carbons (Fsp3) is 0.258. The summed E-state index contributed by atoms with van der Waals surface area (Å²) in [5.74, 6) is -1.86. The van der Waals surface area contributed by atoms with Crippen LogP contribution in [0, 0.1) is 19.7 Å². The SMILES string of the molecule is C=C/C(=C\c1c(C(N)=O)nn(CC(=O)N2CC(F)CC2C(=O)Nc2c(-c3ccccc3F)nc(C)n2C)c1C)c1ccnnc1. The van der Waals surface area contributed by atoms with Crippen LogP contribution in [0.3, 0.4) is 0 Å². The number of primary amides is 1. The normalized spacial score (nSPS) is 16.6. The number of imidazole rings is 1. The number of hydrogen-bond donors (Lipinski definition) is 2. The lowest BCUT2D eigenvalue weighted by molar-refractivity contribution is -0.137. The molecule has 3 N–H and O–H groups in total. The molecular weight excluding hydrogens is 584 g/mol. The number of rotatable bonds is 9. The number of benzene rings is 1. The Morgan fingerprint density at radius 3 is 2.60 bits per heavy atom. The van der Waals surface area contributed by atoms with Crippen LogP contribution in [0.2, 0.25) is 0 Å². The van der Waals surface area contributed by atoms with Crippen LogP contribution in [-0.4, -0.2) is 70.9 Å². The molecule has 0 saturated carbocycles. The molecule has 1 fully saturated rings. The minimum Gasteiger partial charge on any atom is -0.364 e. The van der Waals surface area contributed by atoms with Crippen LogP contribution in [-0.2, 0) is 23.2 Å². The summed E-state index contributed by atoms with van der Waals surface area (Å²) in [7, 11) is 1.66. The van der Waals surface area contributed by atoms with Crippen molar-refractivity contribution < 1.29 is 23.2 Å². The Bertz CT molecular complexity index is 1830. The molecule has 14 heteroatoms. The second-order valence-electron chi connectivity index (χ2n) is 10.6. The van der Waals surface area contributed by atoms with E-state index in [0.717, 1.165) is 4.90 Å². The van der Waals surface area contributed by atoms with E-state index < -0.39 is 35.8 Å². The summed E-state index contributed by atoms with van der Waals surface area (Å²) in [6.07, 6.45) is 4.57. The highest BCUT2D eigenvalue weighted by Crippen LogP contribution is 2.31. The van der Waals surface area contributed by atoms with Crippen LogP contribution in [0.25, 0.3) is 22.9 Å². The lowest BCUT2D eigenvalue weighted by atomic mass is 10.0. The van der Waals surface area contributed by atoms with Gasteiger partial charge >= 0.3 is 0 Å². The predicted molar refractivity (Wildman–Crippen MR) is 163 cm³/mol. The monoisotopic (exact) mass is 615 g/mol. The number of carbonyl (C=O) groups excluding carboxylic acids is 3. The van der Waals surface area contributed by atoms with Gasteiger partial charge in [-0.25, -0.2) is 13.8 Å². The maximum absolute atomic E-state index is 14.7. The van der Waals surface area contributed by atoms with Gasteiger partial charge in [0.05, 0.1) is 18.9 Å².